The maximum absolute atomic E-state index is 12.2. The lowest BCUT2D eigenvalue weighted by atomic mass is 10.1. The van der Waals surface area contributed by atoms with Crippen molar-refractivity contribution in [1.82, 2.24) is 10.2 Å². The Morgan fingerprint density at radius 3 is 2.68 bits per heavy atom. The van der Waals surface area contributed by atoms with E-state index in [2.05, 4.69) is 15.5 Å². The van der Waals surface area contributed by atoms with Gasteiger partial charge in [0, 0.05) is 11.6 Å². The highest BCUT2D eigenvalue weighted by atomic mass is 32.2. The molecule has 0 saturated carbocycles. The molecule has 1 heterocycles. The summed E-state index contributed by atoms with van der Waals surface area (Å²) in [6.07, 6.45) is 0. The summed E-state index contributed by atoms with van der Waals surface area (Å²) in [5, 5.41) is 21.8. The van der Waals surface area contributed by atoms with Gasteiger partial charge in [-0.3, -0.25) is 14.9 Å². The molecule has 28 heavy (non-hydrogen) atoms. The van der Waals surface area contributed by atoms with Gasteiger partial charge < -0.3 is 14.5 Å². The van der Waals surface area contributed by atoms with Gasteiger partial charge in [0.05, 0.1) is 29.0 Å². The Hall–Kier alpha value is -3.40. The normalized spacial score (nSPS) is 10.5. The van der Waals surface area contributed by atoms with Crippen molar-refractivity contribution < 1.29 is 18.9 Å². The fraction of sp³-hybridized carbons (Fsp3) is 0.167. The van der Waals surface area contributed by atoms with Gasteiger partial charge >= 0.3 is 0 Å². The minimum Gasteiger partial charge on any atom is -0.497 e. The number of rotatable bonds is 7. The zero-order valence-corrected chi connectivity index (χ0v) is 15.9. The summed E-state index contributed by atoms with van der Waals surface area (Å²) in [7, 11) is 1.58. The molecule has 3 aromatic rings. The molecule has 0 aliphatic heterocycles. The lowest BCUT2D eigenvalue weighted by Gasteiger charge is -2.07. The molecule has 1 aromatic heterocycles. The van der Waals surface area contributed by atoms with Crippen molar-refractivity contribution in [1.29, 1.82) is 0 Å². The van der Waals surface area contributed by atoms with Crippen molar-refractivity contribution in [2.75, 3.05) is 18.2 Å². The highest BCUT2D eigenvalue weighted by molar-refractivity contribution is 7.99. The van der Waals surface area contributed by atoms with E-state index in [1.54, 1.807) is 44.4 Å². The van der Waals surface area contributed by atoms with Crippen molar-refractivity contribution in [3.63, 3.8) is 0 Å². The summed E-state index contributed by atoms with van der Waals surface area (Å²) in [6.45, 7) is 1.58. The van der Waals surface area contributed by atoms with Crippen LogP contribution in [0, 0.1) is 17.0 Å². The number of nitro groups is 1. The minimum absolute atomic E-state index is 0.0202. The van der Waals surface area contributed by atoms with Gasteiger partial charge in [0.25, 0.3) is 10.9 Å². The SMILES string of the molecule is COc1ccc(-c2nnc(SCC(=O)Nc3cccc([N+](=O)[O-])c3C)o2)cc1. The molecule has 0 radical (unpaired) electrons. The summed E-state index contributed by atoms with van der Waals surface area (Å²) in [5.41, 5.74) is 1.47. The Bertz CT molecular complexity index is 1000. The van der Waals surface area contributed by atoms with E-state index in [9.17, 15) is 14.9 Å². The molecule has 0 aliphatic carbocycles. The predicted octanol–water partition coefficient (Wildman–Crippen LogP) is 3.69. The van der Waals surface area contributed by atoms with Crippen molar-refractivity contribution in [2.45, 2.75) is 12.1 Å². The van der Waals surface area contributed by atoms with Crippen LogP contribution in [0.1, 0.15) is 5.56 Å². The zero-order valence-electron chi connectivity index (χ0n) is 15.0. The van der Waals surface area contributed by atoms with E-state index in [4.69, 9.17) is 9.15 Å². The van der Waals surface area contributed by atoms with Crippen LogP contribution >= 0.6 is 11.8 Å². The molecular formula is C18H16N4O5S. The molecule has 3 rings (SSSR count). The fourth-order valence-electron chi connectivity index (χ4n) is 2.39. The molecule has 0 spiro atoms. The summed E-state index contributed by atoms with van der Waals surface area (Å²) in [5.74, 6) is 0.732. The Morgan fingerprint density at radius 2 is 2.00 bits per heavy atom. The molecule has 0 bridgehead atoms. The van der Waals surface area contributed by atoms with Crippen LogP contribution in [-0.2, 0) is 4.79 Å². The van der Waals surface area contributed by atoms with E-state index in [1.165, 1.54) is 12.1 Å². The second kappa shape index (κ2) is 8.53. The number of thioether (sulfide) groups is 1. The lowest BCUT2D eigenvalue weighted by Crippen LogP contribution is -2.15. The number of ether oxygens (including phenoxy) is 1. The molecule has 0 atom stereocenters. The first-order chi connectivity index (χ1) is 13.5. The summed E-state index contributed by atoms with van der Waals surface area (Å²) in [6, 6.07) is 11.7. The molecule has 0 aliphatic rings. The van der Waals surface area contributed by atoms with Gasteiger partial charge in [-0.05, 0) is 37.3 Å². The second-order valence-electron chi connectivity index (χ2n) is 5.65. The molecule has 9 nitrogen and oxygen atoms in total. The molecule has 0 fully saturated rings. The monoisotopic (exact) mass is 400 g/mol. The average Bonchev–Trinajstić information content (AvgIpc) is 3.17. The minimum atomic E-state index is -0.487. The Labute approximate surface area is 164 Å². The van der Waals surface area contributed by atoms with Crippen molar-refractivity contribution in [3.05, 3.63) is 58.1 Å². The maximum atomic E-state index is 12.2. The number of benzene rings is 2. The number of hydrogen-bond acceptors (Lipinski definition) is 8. The van der Waals surface area contributed by atoms with Gasteiger partial charge in [-0.15, -0.1) is 10.2 Å². The molecule has 144 valence electrons. The smallest absolute Gasteiger partial charge is 0.277 e. The van der Waals surface area contributed by atoms with Crippen LogP contribution in [-0.4, -0.2) is 33.9 Å². The number of nitrogens with zero attached hydrogens (tertiary/aromatic N) is 3. The number of anilines is 1. The number of carbonyl (C=O) groups is 1. The largest absolute Gasteiger partial charge is 0.497 e. The summed E-state index contributed by atoms with van der Waals surface area (Å²) >= 11 is 1.08. The number of nitro benzene ring substituents is 1. The van der Waals surface area contributed by atoms with Gasteiger partial charge in [-0.1, -0.05) is 17.8 Å². The number of carbonyl (C=O) groups excluding carboxylic acids is 1. The molecule has 0 saturated heterocycles. The highest BCUT2D eigenvalue weighted by Gasteiger charge is 2.16. The van der Waals surface area contributed by atoms with E-state index < -0.39 is 4.92 Å². The van der Waals surface area contributed by atoms with Crippen LogP contribution in [0.4, 0.5) is 11.4 Å². The van der Waals surface area contributed by atoms with E-state index in [-0.39, 0.29) is 22.6 Å². The van der Waals surface area contributed by atoms with Gasteiger partial charge in [0.1, 0.15) is 5.75 Å². The first kappa shape index (κ1) is 19.4. The molecule has 1 N–H and O–H groups in total. The molecule has 1 amide bonds. The van der Waals surface area contributed by atoms with Crippen LogP contribution in [0.15, 0.2) is 52.1 Å². The standard InChI is InChI=1S/C18H16N4O5S/c1-11-14(4-3-5-15(11)22(24)25)19-16(23)10-28-18-21-20-17(27-18)12-6-8-13(26-2)9-7-12/h3-9H,10H2,1-2H3,(H,19,23). The molecule has 2 aromatic carbocycles. The van der Waals surface area contributed by atoms with Gasteiger partial charge in [-0.25, -0.2) is 0 Å². The number of amides is 1. The van der Waals surface area contributed by atoms with E-state index in [0.29, 0.717) is 22.9 Å². The van der Waals surface area contributed by atoms with Crippen molar-refractivity contribution in [2.24, 2.45) is 0 Å². The molecular weight excluding hydrogens is 384 g/mol. The second-order valence-corrected chi connectivity index (χ2v) is 6.57. The first-order valence-electron chi connectivity index (χ1n) is 8.12. The Kier molecular flexibility index (Phi) is 5.90. The van der Waals surface area contributed by atoms with E-state index in [1.807, 2.05) is 0 Å². The third-order valence-corrected chi connectivity index (χ3v) is 4.66. The lowest BCUT2D eigenvalue weighted by molar-refractivity contribution is -0.385. The predicted molar refractivity (Wildman–Crippen MR) is 103 cm³/mol. The number of methoxy groups -OCH3 is 1. The van der Waals surface area contributed by atoms with Crippen LogP contribution in [0.25, 0.3) is 11.5 Å². The Morgan fingerprint density at radius 1 is 1.25 bits per heavy atom. The topological polar surface area (TPSA) is 120 Å². The Balaban J connectivity index is 1.60. The van der Waals surface area contributed by atoms with Crippen molar-refractivity contribution >= 4 is 29.0 Å². The fourth-order valence-corrected chi connectivity index (χ4v) is 2.95. The summed E-state index contributed by atoms with van der Waals surface area (Å²) < 4.78 is 10.6. The number of aromatic nitrogens is 2. The van der Waals surface area contributed by atoms with Crippen LogP contribution < -0.4 is 10.1 Å². The van der Waals surface area contributed by atoms with Gasteiger partial charge in [0.2, 0.25) is 11.8 Å². The van der Waals surface area contributed by atoms with Crippen LogP contribution in [0.5, 0.6) is 5.75 Å². The number of hydrogen-bond donors (Lipinski definition) is 1. The van der Waals surface area contributed by atoms with Crippen LogP contribution in [0.2, 0.25) is 0 Å². The first-order valence-corrected chi connectivity index (χ1v) is 9.11. The van der Waals surface area contributed by atoms with Crippen LogP contribution in [0.3, 0.4) is 0 Å². The maximum Gasteiger partial charge on any atom is 0.277 e. The van der Waals surface area contributed by atoms with Gasteiger partial charge in [0.15, 0.2) is 0 Å². The zero-order chi connectivity index (χ0) is 20.1. The molecule has 0 unspecified atom stereocenters. The van der Waals surface area contributed by atoms with E-state index >= 15 is 0 Å². The summed E-state index contributed by atoms with van der Waals surface area (Å²) in [4.78, 5) is 22.7. The van der Waals surface area contributed by atoms with Gasteiger partial charge in [-0.2, -0.15) is 0 Å². The third kappa shape index (κ3) is 4.46. The third-order valence-electron chi connectivity index (χ3n) is 3.85. The highest BCUT2D eigenvalue weighted by Crippen LogP contribution is 2.27. The average molecular weight is 400 g/mol. The molecule has 10 heteroatoms. The quantitative estimate of drug-likeness (QED) is 0.362. The number of nitrogens with one attached hydrogen (secondary N) is 1. The van der Waals surface area contributed by atoms with E-state index in [0.717, 1.165) is 17.3 Å². The van der Waals surface area contributed by atoms with Crippen molar-refractivity contribution in [3.8, 4) is 17.2 Å².